The second kappa shape index (κ2) is 6.49. The summed E-state index contributed by atoms with van der Waals surface area (Å²) < 4.78 is 1.79. The van der Waals surface area contributed by atoms with Gasteiger partial charge in [0.05, 0.1) is 12.2 Å². The Bertz CT molecular complexity index is 644. The zero-order valence-electron chi connectivity index (χ0n) is 12.6. The van der Waals surface area contributed by atoms with Crippen molar-refractivity contribution in [3.05, 3.63) is 16.9 Å². The third-order valence-corrected chi connectivity index (χ3v) is 4.72. The van der Waals surface area contributed by atoms with Crippen LogP contribution in [0.1, 0.15) is 54.1 Å². The fraction of sp³-hybridized carbons (Fsp3) is 0.615. The number of carbonyl (C=O) groups is 1. The van der Waals surface area contributed by atoms with E-state index in [9.17, 15) is 4.79 Å². The summed E-state index contributed by atoms with van der Waals surface area (Å²) in [4.78, 5) is 12.2. The lowest BCUT2D eigenvalue weighted by atomic mass is 10.1. The van der Waals surface area contributed by atoms with Crippen molar-refractivity contribution in [3.8, 4) is 0 Å². The number of amides is 1. The van der Waals surface area contributed by atoms with Gasteiger partial charge in [0, 0.05) is 5.92 Å². The molecule has 0 aliphatic carbocycles. The molecule has 2 aromatic rings. The summed E-state index contributed by atoms with van der Waals surface area (Å²) >= 11 is 1.38. The first kappa shape index (κ1) is 15.0. The van der Waals surface area contributed by atoms with Crippen LogP contribution >= 0.6 is 11.3 Å². The first-order chi connectivity index (χ1) is 10.6. The molecule has 2 aromatic heterocycles. The minimum Gasteiger partial charge on any atom is -0.317 e. The number of hydrogen-bond acceptors (Lipinski definition) is 7. The lowest BCUT2D eigenvalue weighted by molar-refractivity contribution is 0.102. The van der Waals surface area contributed by atoms with Crippen LogP contribution in [0.5, 0.6) is 0 Å². The Morgan fingerprint density at radius 2 is 2.14 bits per heavy atom. The van der Waals surface area contributed by atoms with Crippen molar-refractivity contribution < 1.29 is 4.79 Å². The van der Waals surface area contributed by atoms with Crippen LogP contribution in [0.4, 0.5) is 5.13 Å². The van der Waals surface area contributed by atoms with Gasteiger partial charge in [0.2, 0.25) is 5.13 Å². The van der Waals surface area contributed by atoms with E-state index in [1.165, 1.54) is 11.3 Å². The van der Waals surface area contributed by atoms with Crippen LogP contribution in [0.25, 0.3) is 0 Å². The maximum atomic E-state index is 12.2. The number of carbonyl (C=O) groups excluding carboxylic acids is 1. The van der Waals surface area contributed by atoms with E-state index in [2.05, 4.69) is 31.1 Å². The molecule has 0 atom stereocenters. The molecule has 0 radical (unpaired) electrons. The van der Waals surface area contributed by atoms with Crippen molar-refractivity contribution in [2.24, 2.45) is 0 Å². The van der Waals surface area contributed by atoms with Crippen LogP contribution in [0.3, 0.4) is 0 Å². The largest absolute Gasteiger partial charge is 0.317 e. The summed E-state index contributed by atoms with van der Waals surface area (Å²) in [6.07, 6.45) is 3.70. The van der Waals surface area contributed by atoms with Crippen molar-refractivity contribution in [3.63, 3.8) is 0 Å². The van der Waals surface area contributed by atoms with Crippen molar-refractivity contribution in [1.82, 2.24) is 30.5 Å². The van der Waals surface area contributed by atoms with Gasteiger partial charge < -0.3 is 5.32 Å². The van der Waals surface area contributed by atoms with Gasteiger partial charge in [0.25, 0.3) is 5.91 Å². The molecular weight excluding hydrogens is 302 g/mol. The van der Waals surface area contributed by atoms with E-state index >= 15 is 0 Å². The van der Waals surface area contributed by atoms with Crippen LogP contribution in [0.2, 0.25) is 0 Å². The Morgan fingerprint density at radius 1 is 1.36 bits per heavy atom. The summed E-state index contributed by atoms with van der Waals surface area (Å²) in [7, 11) is 0. The zero-order chi connectivity index (χ0) is 15.5. The maximum absolute atomic E-state index is 12.2. The minimum atomic E-state index is -0.299. The van der Waals surface area contributed by atoms with Gasteiger partial charge in [0.1, 0.15) is 5.01 Å². The highest BCUT2D eigenvalue weighted by Crippen LogP contribution is 2.23. The summed E-state index contributed by atoms with van der Waals surface area (Å²) in [5, 5.41) is 23.5. The normalized spacial score (nSPS) is 16.1. The van der Waals surface area contributed by atoms with Crippen molar-refractivity contribution in [2.75, 3.05) is 18.4 Å². The topological polar surface area (TPSA) is 97.6 Å². The van der Waals surface area contributed by atoms with Gasteiger partial charge in [-0.2, -0.15) is 0 Å². The summed E-state index contributed by atoms with van der Waals surface area (Å²) in [6, 6.07) is 0.310. The number of piperidine rings is 1. The summed E-state index contributed by atoms with van der Waals surface area (Å²) in [6.45, 7) is 6.01. The van der Waals surface area contributed by atoms with Crippen molar-refractivity contribution in [2.45, 2.75) is 38.6 Å². The fourth-order valence-corrected chi connectivity index (χ4v) is 3.05. The van der Waals surface area contributed by atoms with Gasteiger partial charge in [-0.05, 0) is 25.9 Å². The number of aromatic nitrogens is 5. The molecule has 0 bridgehead atoms. The van der Waals surface area contributed by atoms with Crippen molar-refractivity contribution in [1.29, 1.82) is 0 Å². The minimum absolute atomic E-state index is 0.295. The summed E-state index contributed by atoms with van der Waals surface area (Å²) in [5.41, 5.74) is 0.305. The van der Waals surface area contributed by atoms with Gasteiger partial charge in [-0.1, -0.05) is 30.4 Å². The van der Waals surface area contributed by atoms with E-state index in [4.69, 9.17) is 0 Å². The van der Waals surface area contributed by atoms with Gasteiger partial charge >= 0.3 is 0 Å². The molecule has 0 spiro atoms. The number of nitrogens with zero attached hydrogens (tertiary/aromatic N) is 5. The average molecular weight is 321 g/mol. The highest BCUT2D eigenvalue weighted by atomic mass is 32.1. The first-order valence-electron chi connectivity index (χ1n) is 7.41. The lowest BCUT2D eigenvalue weighted by Gasteiger charge is -2.21. The second-order valence-electron chi connectivity index (χ2n) is 5.62. The highest BCUT2D eigenvalue weighted by molar-refractivity contribution is 7.15. The highest BCUT2D eigenvalue weighted by Gasteiger charge is 2.19. The molecule has 1 amide bonds. The fourth-order valence-electron chi connectivity index (χ4n) is 2.31. The van der Waals surface area contributed by atoms with Crippen LogP contribution in [-0.2, 0) is 0 Å². The van der Waals surface area contributed by atoms with Gasteiger partial charge in [0.15, 0.2) is 5.69 Å². The summed E-state index contributed by atoms with van der Waals surface area (Å²) in [5.74, 6) is -0.00409. The molecule has 0 aromatic carbocycles. The second-order valence-corrected chi connectivity index (χ2v) is 6.63. The molecule has 1 aliphatic rings. The standard InChI is InChI=1S/C13H19N7OS/c1-8(2)12-17-18-13(22-12)15-11(21)10-7-20(19-16-10)9-3-5-14-6-4-9/h7-9,14H,3-6H2,1-2H3,(H,15,18,21). The molecule has 3 heterocycles. The molecular formula is C13H19N7OS. The molecule has 22 heavy (non-hydrogen) atoms. The molecule has 1 fully saturated rings. The Morgan fingerprint density at radius 3 is 2.82 bits per heavy atom. The molecule has 1 aliphatic heterocycles. The van der Waals surface area contributed by atoms with Crippen LogP contribution in [-0.4, -0.2) is 44.2 Å². The van der Waals surface area contributed by atoms with Crippen LogP contribution in [0.15, 0.2) is 6.20 Å². The predicted molar refractivity (Wildman–Crippen MR) is 83.1 cm³/mol. The number of hydrogen-bond donors (Lipinski definition) is 2. The van der Waals surface area contributed by atoms with E-state index in [1.807, 2.05) is 13.8 Å². The number of anilines is 1. The molecule has 2 N–H and O–H groups in total. The smallest absolute Gasteiger partial charge is 0.279 e. The van der Waals surface area contributed by atoms with Crippen LogP contribution < -0.4 is 10.6 Å². The van der Waals surface area contributed by atoms with Crippen LogP contribution in [0, 0.1) is 0 Å². The molecule has 0 saturated carbocycles. The van der Waals surface area contributed by atoms with Gasteiger partial charge in [-0.25, -0.2) is 4.68 Å². The molecule has 9 heteroatoms. The number of nitrogens with one attached hydrogen (secondary N) is 2. The predicted octanol–water partition coefficient (Wildman–Crippen LogP) is 1.43. The van der Waals surface area contributed by atoms with E-state index in [-0.39, 0.29) is 5.91 Å². The lowest BCUT2D eigenvalue weighted by Crippen LogP contribution is -2.29. The quantitative estimate of drug-likeness (QED) is 0.884. The Labute approximate surface area is 132 Å². The van der Waals surface area contributed by atoms with Crippen molar-refractivity contribution >= 4 is 22.4 Å². The SMILES string of the molecule is CC(C)c1nnc(NC(=O)c2cn(C3CCNCC3)nn2)s1. The molecule has 8 nitrogen and oxygen atoms in total. The maximum Gasteiger partial charge on any atom is 0.279 e. The zero-order valence-corrected chi connectivity index (χ0v) is 13.4. The van der Waals surface area contributed by atoms with Gasteiger partial charge in [-0.15, -0.1) is 15.3 Å². The van der Waals surface area contributed by atoms with E-state index in [0.717, 1.165) is 30.9 Å². The van der Waals surface area contributed by atoms with E-state index in [1.54, 1.807) is 10.9 Å². The Kier molecular flexibility index (Phi) is 4.44. The first-order valence-corrected chi connectivity index (χ1v) is 8.22. The third-order valence-electron chi connectivity index (χ3n) is 3.58. The Hall–Kier alpha value is -1.87. The molecule has 3 rings (SSSR count). The monoisotopic (exact) mass is 321 g/mol. The molecule has 1 saturated heterocycles. The Balaban J connectivity index is 1.65. The van der Waals surface area contributed by atoms with E-state index in [0.29, 0.717) is 22.8 Å². The van der Waals surface area contributed by atoms with E-state index < -0.39 is 0 Å². The number of rotatable bonds is 4. The third kappa shape index (κ3) is 3.30. The molecule has 0 unspecified atom stereocenters. The average Bonchev–Trinajstić information content (AvgIpc) is 3.17. The van der Waals surface area contributed by atoms with Gasteiger partial charge in [-0.3, -0.25) is 10.1 Å². The molecule has 118 valence electrons.